The molecule has 1 aromatic rings. The molecule has 17 heavy (non-hydrogen) atoms. The zero-order valence-corrected chi connectivity index (χ0v) is 14.3. The monoisotopic (exact) mass is 421 g/mol. The average molecular weight is 424 g/mol. The van der Waals surface area contributed by atoms with Crippen LogP contribution in [-0.4, -0.2) is 30.6 Å². The van der Waals surface area contributed by atoms with E-state index in [0.29, 0.717) is 26.1 Å². The van der Waals surface area contributed by atoms with E-state index >= 15 is 0 Å². The SMILES string of the molecule is O=S(=O)(c1cc(Cl)c(Br)s1)N1CCCC(Br)C1. The number of thiophene rings is 1. The van der Waals surface area contributed by atoms with Gasteiger partial charge in [-0.25, -0.2) is 8.42 Å². The van der Waals surface area contributed by atoms with Crippen LogP contribution in [-0.2, 0) is 10.0 Å². The summed E-state index contributed by atoms with van der Waals surface area (Å²) in [5.74, 6) is 0. The first-order chi connectivity index (χ1) is 7.91. The first-order valence-electron chi connectivity index (χ1n) is 5.00. The van der Waals surface area contributed by atoms with E-state index in [1.807, 2.05) is 0 Å². The van der Waals surface area contributed by atoms with Crippen LogP contribution < -0.4 is 0 Å². The second kappa shape index (κ2) is 5.46. The molecule has 3 nitrogen and oxygen atoms in total. The zero-order valence-electron chi connectivity index (χ0n) is 8.70. The standard InChI is InChI=1S/C9H10Br2ClNO2S2/c10-6-2-1-3-13(5-6)17(14,15)8-4-7(12)9(11)16-8/h4,6H,1-3,5H2. The first-order valence-corrected chi connectivity index (χ1v) is 9.34. The average Bonchev–Trinajstić information content (AvgIpc) is 2.60. The zero-order chi connectivity index (χ0) is 12.6. The van der Waals surface area contributed by atoms with Crippen LogP contribution in [0.25, 0.3) is 0 Å². The largest absolute Gasteiger partial charge is 0.252 e. The number of alkyl halides is 1. The number of piperidine rings is 1. The van der Waals surface area contributed by atoms with E-state index in [9.17, 15) is 8.42 Å². The van der Waals surface area contributed by atoms with Gasteiger partial charge in [-0.05, 0) is 34.8 Å². The summed E-state index contributed by atoms with van der Waals surface area (Å²) >= 11 is 13.7. The highest BCUT2D eigenvalue weighted by Crippen LogP contribution is 2.36. The molecule has 1 atom stereocenters. The normalized spacial score (nSPS) is 22.9. The van der Waals surface area contributed by atoms with Crippen LogP contribution in [0.15, 0.2) is 14.1 Å². The smallest absolute Gasteiger partial charge is 0.206 e. The van der Waals surface area contributed by atoms with Crippen LogP contribution in [0.1, 0.15) is 12.8 Å². The van der Waals surface area contributed by atoms with Crippen LogP contribution in [0.3, 0.4) is 0 Å². The molecule has 1 saturated heterocycles. The van der Waals surface area contributed by atoms with Gasteiger partial charge in [0.1, 0.15) is 4.21 Å². The lowest BCUT2D eigenvalue weighted by Crippen LogP contribution is -2.39. The van der Waals surface area contributed by atoms with Crippen molar-refractivity contribution in [2.75, 3.05) is 13.1 Å². The van der Waals surface area contributed by atoms with Gasteiger partial charge in [0.25, 0.3) is 10.0 Å². The van der Waals surface area contributed by atoms with Gasteiger partial charge in [0.2, 0.25) is 0 Å². The quantitative estimate of drug-likeness (QED) is 0.680. The van der Waals surface area contributed by atoms with E-state index in [-0.39, 0.29) is 4.83 Å². The summed E-state index contributed by atoms with van der Waals surface area (Å²) in [6.07, 6.45) is 1.90. The highest BCUT2D eigenvalue weighted by atomic mass is 79.9. The Labute approximate surface area is 126 Å². The number of rotatable bonds is 2. The third-order valence-electron chi connectivity index (χ3n) is 2.54. The van der Waals surface area contributed by atoms with E-state index in [2.05, 4.69) is 31.9 Å². The summed E-state index contributed by atoms with van der Waals surface area (Å²) in [7, 11) is -3.39. The van der Waals surface area contributed by atoms with Gasteiger partial charge in [-0.15, -0.1) is 11.3 Å². The molecule has 0 bridgehead atoms. The molecule has 1 fully saturated rings. The van der Waals surface area contributed by atoms with Gasteiger partial charge >= 0.3 is 0 Å². The topological polar surface area (TPSA) is 37.4 Å². The lowest BCUT2D eigenvalue weighted by atomic mass is 10.2. The fourth-order valence-electron chi connectivity index (χ4n) is 1.69. The van der Waals surface area contributed by atoms with Crippen molar-refractivity contribution < 1.29 is 8.42 Å². The Bertz CT molecular complexity index is 498. The molecule has 0 saturated carbocycles. The predicted octanol–water partition coefficient (Wildman–Crippen LogP) is 3.71. The summed E-state index contributed by atoms with van der Waals surface area (Å²) in [4.78, 5) is 0.241. The van der Waals surface area contributed by atoms with Crippen molar-refractivity contribution in [1.29, 1.82) is 0 Å². The molecule has 0 amide bonds. The fourth-order valence-corrected chi connectivity index (χ4v) is 6.63. The minimum Gasteiger partial charge on any atom is -0.206 e. The third kappa shape index (κ3) is 3.06. The highest BCUT2D eigenvalue weighted by Gasteiger charge is 2.30. The van der Waals surface area contributed by atoms with E-state index in [4.69, 9.17) is 11.6 Å². The van der Waals surface area contributed by atoms with Gasteiger partial charge in [0.15, 0.2) is 0 Å². The van der Waals surface area contributed by atoms with Crippen molar-refractivity contribution in [2.24, 2.45) is 0 Å². The highest BCUT2D eigenvalue weighted by molar-refractivity contribution is 9.11. The summed E-state index contributed by atoms with van der Waals surface area (Å²) in [5, 5.41) is 0.445. The molecule has 0 aliphatic carbocycles. The number of hydrogen-bond donors (Lipinski definition) is 0. The Balaban J connectivity index is 2.29. The minimum absolute atomic E-state index is 0.241. The van der Waals surface area contributed by atoms with Crippen LogP contribution in [0.2, 0.25) is 5.02 Å². The molecule has 0 spiro atoms. The van der Waals surface area contributed by atoms with Crippen molar-refractivity contribution in [3.8, 4) is 0 Å². The maximum atomic E-state index is 12.3. The second-order valence-corrected chi connectivity index (χ2v) is 10.0. The van der Waals surface area contributed by atoms with Crippen LogP contribution in [0.5, 0.6) is 0 Å². The van der Waals surface area contributed by atoms with Crippen molar-refractivity contribution in [3.05, 3.63) is 14.9 Å². The van der Waals surface area contributed by atoms with Crippen molar-refractivity contribution in [2.45, 2.75) is 21.9 Å². The van der Waals surface area contributed by atoms with E-state index in [0.717, 1.165) is 24.2 Å². The molecular weight excluding hydrogens is 413 g/mol. The lowest BCUT2D eigenvalue weighted by molar-refractivity contribution is 0.357. The van der Waals surface area contributed by atoms with E-state index in [1.54, 1.807) is 0 Å². The Hall–Kier alpha value is 0.860. The molecule has 1 aliphatic heterocycles. The van der Waals surface area contributed by atoms with Gasteiger partial charge in [-0.1, -0.05) is 27.5 Å². The maximum Gasteiger partial charge on any atom is 0.252 e. The molecule has 0 aromatic carbocycles. The van der Waals surface area contributed by atoms with Crippen LogP contribution in [0.4, 0.5) is 0 Å². The predicted molar refractivity (Wildman–Crippen MR) is 77.7 cm³/mol. The minimum atomic E-state index is -3.39. The molecule has 2 heterocycles. The maximum absolute atomic E-state index is 12.3. The Morgan fingerprint density at radius 3 is 2.76 bits per heavy atom. The molecule has 1 aromatic heterocycles. The Kier molecular flexibility index (Phi) is 4.59. The number of halogens is 3. The van der Waals surface area contributed by atoms with E-state index in [1.165, 1.54) is 10.4 Å². The summed E-state index contributed by atoms with van der Waals surface area (Å²) < 4.78 is 27.1. The molecule has 2 rings (SSSR count). The van der Waals surface area contributed by atoms with Gasteiger partial charge in [0.05, 0.1) is 8.81 Å². The number of sulfonamides is 1. The molecule has 96 valence electrons. The lowest BCUT2D eigenvalue weighted by Gasteiger charge is -2.28. The Morgan fingerprint density at radius 1 is 1.53 bits per heavy atom. The van der Waals surface area contributed by atoms with Crippen LogP contribution in [0, 0.1) is 0 Å². The second-order valence-electron chi connectivity index (χ2n) is 3.79. The van der Waals surface area contributed by atoms with Gasteiger partial charge < -0.3 is 0 Å². The van der Waals surface area contributed by atoms with Gasteiger partial charge in [-0.2, -0.15) is 4.31 Å². The molecule has 0 radical (unpaired) electrons. The molecule has 1 unspecified atom stereocenters. The van der Waals surface area contributed by atoms with E-state index < -0.39 is 10.0 Å². The number of hydrogen-bond acceptors (Lipinski definition) is 3. The summed E-state index contributed by atoms with van der Waals surface area (Å²) in [5.41, 5.74) is 0. The molecular formula is C9H10Br2ClNO2S2. The number of nitrogens with zero attached hydrogens (tertiary/aromatic N) is 1. The first kappa shape index (κ1) is 14.3. The molecule has 8 heteroatoms. The Morgan fingerprint density at radius 2 is 2.24 bits per heavy atom. The van der Waals surface area contributed by atoms with Crippen molar-refractivity contribution in [3.63, 3.8) is 0 Å². The van der Waals surface area contributed by atoms with Crippen molar-refractivity contribution >= 4 is 64.8 Å². The third-order valence-corrected chi connectivity index (χ3v) is 8.08. The molecule has 1 aliphatic rings. The summed E-state index contributed by atoms with van der Waals surface area (Å²) in [6, 6.07) is 1.50. The summed E-state index contributed by atoms with van der Waals surface area (Å²) in [6.45, 7) is 1.10. The van der Waals surface area contributed by atoms with Gasteiger partial charge in [0, 0.05) is 17.9 Å². The van der Waals surface area contributed by atoms with Crippen molar-refractivity contribution in [1.82, 2.24) is 4.31 Å². The fraction of sp³-hybridized carbons (Fsp3) is 0.556. The molecule has 0 N–H and O–H groups in total. The van der Waals surface area contributed by atoms with Gasteiger partial charge in [-0.3, -0.25) is 0 Å². The van der Waals surface area contributed by atoms with Crippen LogP contribution >= 0.6 is 54.8 Å².